The van der Waals surface area contributed by atoms with Gasteiger partial charge in [0, 0.05) is 12.6 Å². The maximum atomic E-state index is 11.5. The minimum Gasteiger partial charge on any atom is -0.368 e. The molecule has 2 atom stereocenters. The standard InChI is InChI=1S/C15H29N3O/c1-15(17-2,14(16)19)9-11-18-10-5-8-13(18)12-6-3-4-7-12/h12-13,17H,3-11H2,1-2H3,(H2,16,19). The predicted molar refractivity (Wildman–Crippen MR) is 77.8 cm³/mol. The molecule has 0 bridgehead atoms. The molecular formula is C15H29N3O. The fourth-order valence-corrected chi connectivity index (χ4v) is 3.74. The van der Waals surface area contributed by atoms with Crippen LogP contribution in [0.5, 0.6) is 0 Å². The van der Waals surface area contributed by atoms with Gasteiger partial charge in [0.25, 0.3) is 0 Å². The molecule has 1 amide bonds. The van der Waals surface area contributed by atoms with Crippen molar-refractivity contribution in [3.8, 4) is 0 Å². The number of hydrogen-bond acceptors (Lipinski definition) is 3. The fraction of sp³-hybridized carbons (Fsp3) is 0.933. The van der Waals surface area contributed by atoms with Crippen molar-refractivity contribution in [3.05, 3.63) is 0 Å². The molecule has 0 aromatic heterocycles. The first-order valence-corrected chi connectivity index (χ1v) is 7.80. The summed E-state index contributed by atoms with van der Waals surface area (Å²) in [5.41, 5.74) is 4.94. The van der Waals surface area contributed by atoms with Crippen LogP contribution in [0.3, 0.4) is 0 Å². The molecule has 2 fully saturated rings. The molecule has 2 unspecified atom stereocenters. The zero-order chi connectivity index (χ0) is 13.9. The van der Waals surface area contributed by atoms with E-state index in [0.29, 0.717) is 0 Å². The number of rotatable bonds is 6. The smallest absolute Gasteiger partial charge is 0.237 e. The second kappa shape index (κ2) is 6.23. The van der Waals surface area contributed by atoms with Crippen LogP contribution in [-0.4, -0.2) is 42.5 Å². The molecule has 1 saturated heterocycles. The van der Waals surface area contributed by atoms with E-state index in [-0.39, 0.29) is 5.91 Å². The molecule has 1 aliphatic heterocycles. The van der Waals surface area contributed by atoms with Gasteiger partial charge in [0.2, 0.25) is 5.91 Å². The summed E-state index contributed by atoms with van der Waals surface area (Å²) in [6.45, 7) is 4.09. The van der Waals surface area contributed by atoms with Gasteiger partial charge < -0.3 is 16.0 Å². The summed E-state index contributed by atoms with van der Waals surface area (Å²) in [5, 5.41) is 3.09. The van der Waals surface area contributed by atoms with Crippen molar-refractivity contribution in [2.45, 2.75) is 63.5 Å². The van der Waals surface area contributed by atoms with Gasteiger partial charge in [-0.1, -0.05) is 12.8 Å². The number of carbonyl (C=O) groups is 1. The van der Waals surface area contributed by atoms with E-state index in [4.69, 9.17) is 5.73 Å². The van der Waals surface area contributed by atoms with Gasteiger partial charge >= 0.3 is 0 Å². The molecule has 4 heteroatoms. The Kier molecular flexibility index (Phi) is 4.85. The van der Waals surface area contributed by atoms with Crippen LogP contribution < -0.4 is 11.1 Å². The van der Waals surface area contributed by atoms with Gasteiger partial charge in [0.05, 0.1) is 5.54 Å². The fourth-order valence-electron chi connectivity index (χ4n) is 3.74. The number of nitrogens with one attached hydrogen (secondary N) is 1. The summed E-state index contributed by atoms with van der Waals surface area (Å²) in [5.74, 6) is 0.656. The number of nitrogens with zero attached hydrogens (tertiary/aromatic N) is 1. The highest BCUT2D eigenvalue weighted by Gasteiger charge is 2.35. The van der Waals surface area contributed by atoms with Gasteiger partial charge in [-0.25, -0.2) is 0 Å². The maximum Gasteiger partial charge on any atom is 0.237 e. The van der Waals surface area contributed by atoms with E-state index in [1.807, 2.05) is 14.0 Å². The molecule has 110 valence electrons. The Morgan fingerprint density at radius 2 is 2.00 bits per heavy atom. The van der Waals surface area contributed by atoms with Crippen LogP contribution in [0.25, 0.3) is 0 Å². The number of hydrogen-bond donors (Lipinski definition) is 2. The van der Waals surface area contributed by atoms with Gasteiger partial charge in [-0.05, 0) is 58.5 Å². The normalized spacial score (nSPS) is 28.6. The molecule has 2 aliphatic rings. The van der Waals surface area contributed by atoms with E-state index in [0.717, 1.165) is 24.9 Å². The van der Waals surface area contributed by atoms with Gasteiger partial charge in [-0.2, -0.15) is 0 Å². The summed E-state index contributed by atoms with van der Waals surface area (Å²) in [6, 6.07) is 0.761. The molecular weight excluding hydrogens is 238 g/mol. The van der Waals surface area contributed by atoms with Crippen LogP contribution in [0, 0.1) is 5.92 Å². The van der Waals surface area contributed by atoms with Gasteiger partial charge in [0.1, 0.15) is 0 Å². The van der Waals surface area contributed by atoms with Crippen molar-refractivity contribution in [1.82, 2.24) is 10.2 Å². The number of primary amides is 1. The number of likely N-dealkylation sites (N-methyl/N-ethyl adjacent to an activating group) is 1. The number of carbonyl (C=O) groups excluding carboxylic acids is 1. The van der Waals surface area contributed by atoms with Crippen molar-refractivity contribution in [2.75, 3.05) is 20.1 Å². The summed E-state index contributed by atoms with van der Waals surface area (Å²) < 4.78 is 0. The summed E-state index contributed by atoms with van der Waals surface area (Å²) in [7, 11) is 1.82. The largest absolute Gasteiger partial charge is 0.368 e. The quantitative estimate of drug-likeness (QED) is 0.766. The lowest BCUT2D eigenvalue weighted by Crippen LogP contribution is -2.53. The zero-order valence-electron chi connectivity index (χ0n) is 12.5. The Morgan fingerprint density at radius 3 is 2.58 bits per heavy atom. The number of nitrogens with two attached hydrogens (primary N) is 1. The van der Waals surface area contributed by atoms with Crippen molar-refractivity contribution in [1.29, 1.82) is 0 Å². The van der Waals surface area contributed by atoms with E-state index in [9.17, 15) is 4.79 Å². The number of likely N-dealkylation sites (tertiary alicyclic amines) is 1. The summed E-state index contributed by atoms with van der Waals surface area (Å²) >= 11 is 0. The van der Waals surface area contributed by atoms with E-state index in [1.54, 1.807) is 0 Å². The molecule has 1 saturated carbocycles. The average molecular weight is 267 g/mol. The van der Waals surface area contributed by atoms with Crippen LogP contribution in [-0.2, 0) is 4.79 Å². The number of amides is 1. The van der Waals surface area contributed by atoms with Crippen molar-refractivity contribution in [3.63, 3.8) is 0 Å². The van der Waals surface area contributed by atoms with Crippen LogP contribution in [0.4, 0.5) is 0 Å². The Balaban J connectivity index is 1.89. The topological polar surface area (TPSA) is 58.4 Å². The molecule has 2 rings (SSSR count). The highest BCUT2D eigenvalue weighted by molar-refractivity contribution is 5.84. The highest BCUT2D eigenvalue weighted by Crippen LogP contribution is 2.35. The third kappa shape index (κ3) is 3.29. The van der Waals surface area contributed by atoms with E-state index in [2.05, 4.69) is 10.2 Å². The maximum absolute atomic E-state index is 11.5. The first-order chi connectivity index (χ1) is 9.07. The molecule has 0 radical (unpaired) electrons. The Morgan fingerprint density at radius 1 is 1.32 bits per heavy atom. The second-order valence-corrected chi connectivity index (χ2v) is 6.49. The molecule has 1 aliphatic carbocycles. The second-order valence-electron chi connectivity index (χ2n) is 6.49. The first kappa shape index (κ1) is 14.8. The van der Waals surface area contributed by atoms with E-state index >= 15 is 0 Å². The third-order valence-corrected chi connectivity index (χ3v) is 5.35. The molecule has 3 N–H and O–H groups in total. The Labute approximate surface area is 117 Å². The molecule has 0 spiro atoms. The van der Waals surface area contributed by atoms with Crippen molar-refractivity contribution >= 4 is 5.91 Å². The summed E-state index contributed by atoms with van der Waals surface area (Å²) in [4.78, 5) is 14.1. The molecule has 1 heterocycles. The lowest BCUT2D eigenvalue weighted by Gasteiger charge is -2.33. The highest BCUT2D eigenvalue weighted by atomic mass is 16.1. The lowest BCUT2D eigenvalue weighted by atomic mass is 9.94. The average Bonchev–Trinajstić information content (AvgIpc) is 3.05. The van der Waals surface area contributed by atoms with Crippen LogP contribution in [0.15, 0.2) is 0 Å². The minimum atomic E-state index is -0.567. The van der Waals surface area contributed by atoms with Crippen molar-refractivity contribution < 1.29 is 4.79 Å². The SMILES string of the molecule is CNC(C)(CCN1CCCC1C1CCCC1)C(N)=O. The lowest BCUT2D eigenvalue weighted by molar-refractivity contribution is -0.124. The van der Waals surface area contributed by atoms with Gasteiger partial charge in [-0.3, -0.25) is 4.79 Å². The summed E-state index contributed by atoms with van der Waals surface area (Å²) in [6.07, 6.45) is 9.09. The van der Waals surface area contributed by atoms with E-state index < -0.39 is 5.54 Å². The minimum absolute atomic E-state index is 0.244. The molecule has 19 heavy (non-hydrogen) atoms. The van der Waals surface area contributed by atoms with E-state index in [1.165, 1.54) is 45.1 Å². The van der Waals surface area contributed by atoms with Gasteiger partial charge in [-0.15, -0.1) is 0 Å². The van der Waals surface area contributed by atoms with Crippen LogP contribution >= 0.6 is 0 Å². The predicted octanol–water partition coefficient (Wildman–Crippen LogP) is 1.49. The first-order valence-electron chi connectivity index (χ1n) is 7.80. The molecule has 4 nitrogen and oxygen atoms in total. The third-order valence-electron chi connectivity index (χ3n) is 5.35. The van der Waals surface area contributed by atoms with Crippen LogP contribution in [0.2, 0.25) is 0 Å². The molecule has 0 aromatic rings. The Bertz CT molecular complexity index is 315. The van der Waals surface area contributed by atoms with Gasteiger partial charge in [0.15, 0.2) is 0 Å². The zero-order valence-corrected chi connectivity index (χ0v) is 12.5. The van der Waals surface area contributed by atoms with Crippen LogP contribution in [0.1, 0.15) is 51.9 Å². The monoisotopic (exact) mass is 267 g/mol. The Hall–Kier alpha value is -0.610. The molecule has 0 aromatic carbocycles. The van der Waals surface area contributed by atoms with Crippen molar-refractivity contribution in [2.24, 2.45) is 11.7 Å².